The number of carbonyl (C=O) groups excluding carboxylic acids is 1. The van der Waals surface area contributed by atoms with E-state index in [4.69, 9.17) is 0 Å². The first-order valence-electron chi connectivity index (χ1n) is 13.4. The fourth-order valence-corrected chi connectivity index (χ4v) is 4.19. The Morgan fingerprint density at radius 2 is 1.12 bits per heavy atom. The predicted octanol–water partition coefficient (Wildman–Crippen LogP) is 7.86. The van der Waals surface area contributed by atoms with Crippen LogP contribution in [-0.4, -0.2) is 48.4 Å². The molecule has 0 aromatic rings. The van der Waals surface area contributed by atoms with E-state index in [-0.39, 0.29) is 0 Å². The van der Waals surface area contributed by atoms with Crippen molar-refractivity contribution < 1.29 is 4.79 Å². The maximum absolute atomic E-state index is 12.5. The van der Waals surface area contributed by atoms with Crippen LogP contribution < -0.4 is 0 Å². The summed E-state index contributed by atoms with van der Waals surface area (Å²) >= 11 is 0. The summed E-state index contributed by atoms with van der Waals surface area (Å²) in [6, 6.07) is 0. The fraction of sp³-hybridized carbons (Fsp3) is 0.700. The van der Waals surface area contributed by atoms with Gasteiger partial charge in [0.2, 0.25) is 5.91 Å². The number of rotatable bonds is 15. The molecule has 0 aromatic heterocycles. The molecule has 33 heavy (non-hydrogen) atoms. The quantitative estimate of drug-likeness (QED) is 0.234. The maximum Gasteiger partial charge on any atom is 0.222 e. The second-order valence-corrected chi connectivity index (χ2v) is 10.2. The predicted molar refractivity (Wildman–Crippen MR) is 146 cm³/mol. The second-order valence-electron chi connectivity index (χ2n) is 10.2. The van der Waals surface area contributed by atoms with Gasteiger partial charge in [-0.1, -0.05) is 59.9 Å². The lowest BCUT2D eigenvalue weighted by Gasteiger charge is -2.34. The maximum atomic E-state index is 12.5. The Bertz CT molecular complexity index is 671. The zero-order valence-corrected chi connectivity index (χ0v) is 22.7. The first-order valence-corrected chi connectivity index (χ1v) is 13.4. The molecular weight excluding hydrogens is 404 g/mol. The first kappa shape index (κ1) is 29.4. The Morgan fingerprint density at radius 3 is 1.58 bits per heavy atom. The van der Waals surface area contributed by atoms with Crippen molar-refractivity contribution in [3.8, 4) is 0 Å². The van der Waals surface area contributed by atoms with E-state index in [1.807, 2.05) is 0 Å². The number of unbranched alkanes of at least 4 members (excludes halogenated alkanes) is 1. The topological polar surface area (TPSA) is 23.6 Å². The van der Waals surface area contributed by atoms with Gasteiger partial charge < -0.3 is 4.90 Å². The van der Waals surface area contributed by atoms with Crippen LogP contribution in [0.3, 0.4) is 0 Å². The normalized spacial score (nSPS) is 16.3. The minimum atomic E-state index is 0.328. The van der Waals surface area contributed by atoms with Crippen molar-refractivity contribution in [1.82, 2.24) is 9.80 Å². The molecule has 1 rings (SSSR count). The lowest BCUT2D eigenvalue weighted by molar-refractivity contribution is -0.132. The molecule has 0 aromatic carbocycles. The highest BCUT2D eigenvalue weighted by Crippen LogP contribution is 2.14. The summed E-state index contributed by atoms with van der Waals surface area (Å²) in [5.41, 5.74) is 5.82. The molecule has 1 aliphatic rings. The van der Waals surface area contributed by atoms with Crippen molar-refractivity contribution in [3.05, 3.63) is 46.6 Å². The molecule has 0 bridgehead atoms. The molecule has 1 saturated heterocycles. The van der Waals surface area contributed by atoms with Crippen molar-refractivity contribution in [3.63, 3.8) is 0 Å². The molecule has 1 heterocycles. The summed E-state index contributed by atoms with van der Waals surface area (Å²) in [5.74, 6) is 0.328. The second kappa shape index (κ2) is 17.8. The van der Waals surface area contributed by atoms with Gasteiger partial charge in [0.1, 0.15) is 0 Å². The Labute approximate surface area is 205 Å². The molecule has 1 fully saturated rings. The minimum absolute atomic E-state index is 0.328. The van der Waals surface area contributed by atoms with Crippen LogP contribution in [0.5, 0.6) is 0 Å². The smallest absolute Gasteiger partial charge is 0.222 e. The van der Waals surface area contributed by atoms with Gasteiger partial charge in [0, 0.05) is 32.6 Å². The lowest BCUT2D eigenvalue weighted by Crippen LogP contribution is -2.48. The molecule has 188 valence electrons. The minimum Gasteiger partial charge on any atom is -0.340 e. The highest BCUT2D eigenvalue weighted by atomic mass is 16.2. The monoisotopic (exact) mass is 456 g/mol. The molecule has 1 aliphatic heterocycles. The van der Waals surface area contributed by atoms with Crippen molar-refractivity contribution in [2.75, 3.05) is 32.7 Å². The SMILES string of the molecule is CCCCN1CCN(C(=O)CC/C=C(\C)CC/C=C(\C)CC/C=C(\C)CCC=C(C)C)CC1. The molecular formula is C30H52N2O. The van der Waals surface area contributed by atoms with E-state index in [0.717, 1.165) is 64.7 Å². The molecule has 0 N–H and O–H groups in total. The lowest BCUT2D eigenvalue weighted by atomic mass is 10.0. The fourth-order valence-electron chi connectivity index (χ4n) is 4.19. The molecule has 0 spiro atoms. The third kappa shape index (κ3) is 15.0. The number of amides is 1. The average Bonchev–Trinajstić information content (AvgIpc) is 2.77. The summed E-state index contributed by atoms with van der Waals surface area (Å²) < 4.78 is 0. The van der Waals surface area contributed by atoms with E-state index in [9.17, 15) is 4.79 Å². The zero-order valence-electron chi connectivity index (χ0n) is 22.7. The molecule has 3 nitrogen and oxygen atoms in total. The van der Waals surface area contributed by atoms with E-state index >= 15 is 0 Å². The van der Waals surface area contributed by atoms with E-state index in [1.165, 1.54) is 48.1 Å². The summed E-state index contributed by atoms with van der Waals surface area (Å²) in [5, 5.41) is 0. The van der Waals surface area contributed by atoms with Gasteiger partial charge in [0.25, 0.3) is 0 Å². The highest BCUT2D eigenvalue weighted by molar-refractivity contribution is 5.76. The molecule has 0 radical (unpaired) electrons. The van der Waals surface area contributed by atoms with Crippen molar-refractivity contribution in [1.29, 1.82) is 0 Å². The van der Waals surface area contributed by atoms with E-state index in [0.29, 0.717) is 12.3 Å². The van der Waals surface area contributed by atoms with Gasteiger partial charge in [0.15, 0.2) is 0 Å². The van der Waals surface area contributed by atoms with Gasteiger partial charge in [-0.15, -0.1) is 0 Å². The van der Waals surface area contributed by atoms with Crippen LogP contribution in [0.4, 0.5) is 0 Å². The summed E-state index contributed by atoms with van der Waals surface area (Å²) in [7, 11) is 0. The highest BCUT2D eigenvalue weighted by Gasteiger charge is 2.19. The Hall–Kier alpha value is -1.61. The van der Waals surface area contributed by atoms with E-state index in [1.54, 1.807) is 0 Å². The molecule has 0 unspecified atom stereocenters. The zero-order chi connectivity index (χ0) is 24.5. The number of allylic oxidation sites excluding steroid dienone is 8. The molecule has 3 heteroatoms. The van der Waals surface area contributed by atoms with Crippen LogP contribution in [0.1, 0.15) is 106 Å². The number of piperazine rings is 1. The van der Waals surface area contributed by atoms with Crippen LogP contribution >= 0.6 is 0 Å². The van der Waals surface area contributed by atoms with Gasteiger partial charge in [-0.2, -0.15) is 0 Å². The van der Waals surface area contributed by atoms with Gasteiger partial charge in [-0.25, -0.2) is 0 Å². The van der Waals surface area contributed by atoms with Crippen LogP contribution in [0.15, 0.2) is 46.6 Å². The standard InChI is InChI=1S/C30H52N2O/c1-7-8-21-31-22-24-32(25-23-31)30(33)20-12-19-29(6)18-11-17-28(5)16-10-15-27(4)14-9-13-26(2)3/h13,15,17,19H,7-12,14,16,18,20-25H2,1-6H3/b27-15+,28-17+,29-19+. The summed E-state index contributed by atoms with van der Waals surface area (Å²) in [6.07, 6.45) is 20.3. The molecule has 0 saturated carbocycles. The van der Waals surface area contributed by atoms with Crippen molar-refractivity contribution in [2.45, 2.75) is 106 Å². The summed E-state index contributed by atoms with van der Waals surface area (Å²) in [4.78, 5) is 17.1. The van der Waals surface area contributed by atoms with E-state index < -0.39 is 0 Å². The number of hydrogen-bond donors (Lipinski definition) is 0. The average molecular weight is 457 g/mol. The largest absolute Gasteiger partial charge is 0.340 e. The van der Waals surface area contributed by atoms with E-state index in [2.05, 4.69) is 75.6 Å². The molecule has 1 amide bonds. The van der Waals surface area contributed by atoms with Crippen LogP contribution in [0.25, 0.3) is 0 Å². The molecule has 0 aliphatic carbocycles. The number of nitrogens with zero attached hydrogens (tertiary/aromatic N) is 2. The third-order valence-corrected chi connectivity index (χ3v) is 6.56. The van der Waals surface area contributed by atoms with Crippen LogP contribution in [0.2, 0.25) is 0 Å². The van der Waals surface area contributed by atoms with Crippen molar-refractivity contribution in [2.24, 2.45) is 0 Å². The van der Waals surface area contributed by atoms with Gasteiger partial charge in [-0.3, -0.25) is 9.69 Å². The number of hydrogen-bond acceptors (Lipinski definition) is 2. The Kier molecular flexibility index (Phi) is 15.9. The Morgan fingerprint density at radius 1 is 0.667 bits per heavy atom. The molecule has 0 atom stereocenters. The summed E-state index contributed by atoms with van der Waals surface area (Å²) in [6.45, 7) is 18.4. The first-order chi connectivity index (χ1) is 15.8. The Balaban J connectivity index is 2.20. The van der Waals surface area contributed by atoms with Crippen LogP contribution in [-0.2, 0) is 4.79 Å². The van der Waals surface area contributed by atoms with Crippen molar-refractivity contribution >= 4 is 5.91 Å². The van der Waals surface area contributed by atoms with Gasteiger partial charge in [-0.05, 0) is 92.5 Å². The number of carbonyl (C=O) groups is 1. The van der Waals surface area contributed by atoms with Gasteiger partial charge in [0.05, 0.1) is 0 Å². The van der Waals surface area contributed by atoms with Gasteiger partial charge >= 0.3 is 0 Å². The van der Waals surface area contributed by atoms with Crippen LogP contribution in [0, 0.1) is 0 Å². The third-order valence-electron chi connectivity index (χ3n) is 6.56.